The van der Waals surface area contributed by atoms with E-state index >= 15 is 0 Å². The van der Waals surface area contributed by atoms with Gasteiger partial charge in [-0.2, -0.15) is 0 Å². The van der Waals surface area contributed by atoms with Crippen LogP contribution in [0.25, 0.3) is 0 Å². The molecule has 2 spiro atoms. The summed E-state index contributed by atoms with van der Waals surface area (Å²) in [7, 11) is 0. The Morgan fingerprint density at radius 3 is 2.07 bits per heavy atom. The molecule has 3 fully saturated rings. The van der Waals surface area contributed by atoms with E-state index in [0.717, 1.165) is 13.2 Å². The van der Waals surface area contributed by atoms with Gasteiger partial charge in [-0.25, -0.2) is 0 Å². The summed E-state index contributed by atoms with van der Waals surface area (Å²) in [6.07, 6.45) is 10.8. The van der Waals surface area contributed by atoms with Gasteiger partial charge in [0.1, 0.15) is 0 Å². The van der Waals surface area contributed by atoms with E-state index in [4.69, 9.17) is 4.74 Å². The summed E-state index contributed by atoms with van der Waals surface area (Å²) in [5.41, 5.74) is 0.627. The molecule has 2 saturated carbocycles. The molecule has 1 heterocycles. The number of ether oxygens (including phenoxy) is 1. The Morgan fingerprint density at radius 2 is 1.50 bits per heavy atom. The van der Waals surface area contributed by atoms with E-state index < -0.39 is 0 Å². The molecule has 3 rings (SSSR count). The minimum atomic E-state index is 0.244. The maximum absolute atomic E-state index is 6.20. The second kappa shape index (κ2) is 3.21. The average Bonchev–Trinajstić information content (AvgIpc) is 2.81. The van der Waals surface area contributed by atoms with E-state index in [1.807, 2.05) is 0 Å². The molecule has 3 aliphatic rings. The molecule has 80 valence electrons. The molecule has 2 aliphatic carbocycles. The lowest BCUT2D eigenvalue weighted by Gasteiger charge is -2.44. The lowest BCUT2D eigenvalue weighted by atomic mass is 9.91. The fourth-order valence-electron chi connectivity index (χ4n) is 3.46. The van der Waals surface area contributed by atoms with E-state index in [1.54, 1.807) is 0 Å². The highest BCUT2D eigenvalue weighted by Gasteiger charge is 2.45. The van der Waals surface area contributed by atoms with E-state index in [1.165, 1.54) is 51.4 Å². The molecule has 1 saturated heterocycles. The van der Waals surface area contributed by atoms with Gasteiger partial charge < -0.3 is 10.1 Å². The van der Waals surface area contributed by atoms with Crippen LogP contribution in [0.5, 0.6) is 0 Å². The normalized spacial score (nSPS) is 34.3. The Morgan fingerprint density at radius 1 is 0.857 bits per heavy atom. The lowest BCUT2D eigenvalue weighted by Crippen LogP contribution is -2.60. The van der Waals surface area contributed by atoms with Crippen LogP contribution in [0.15, 0.2) is 0 Å². The molecule has 0 radical (unpaired) electrons. The Bertz CT molecular complexity index is 178. The van der Waals surface area contributed by atoms with Crippen LogP contribution in [0.4, 0.5) is 0 Å². The first kappa shape index (κ1) is 9.17. The van der Waals surface area contributed by atoms with Gasteiger partial charge in [-0.05, 0) is 25.7 Å². The van der Waals surface area contributed by atoms with Crippen LogP contribution < -0.4 is 5.32 Å². The predicted octanol–water partition coefficient (Wildman–Crippen LogP) is 2.23. The van der Waals surface area contributed by atoms with Crippen molar-refractivity contribution in [1.82, 2.24) is 5.32 Å². The summed E-state index contributed by atoms with van der Waals surface area (Å²) in [6, 6.07) is 0. The Labute approximate surface area is 86.4 Å². The Hall–Kier alpha value is -0.0800. The smallest absolute Gasteiger partial charge is 0.0807 e. The third-order valence-electron chi connectivity index (χ3n) is 4.52. The highest BCUT2D eigenvalue weighted by Crippen LogP contribution is 2.40. The van der Waals surface area contributed by atoms with Gasteiger partial charge in [0.05, 0.1) is 12.2 Å². The maximum atomic E-state index is 6.20. The second-order valence-electron chi connectivity index (χ2n) is 5.52. The van der Waals surface area contributed by atoms with Crippen LogP contribution in [-0.4, -0.2) is 24.3 Å². The van der Waals surface area contributed by atoms with Gasteiger partial charge in [0.2, 0.25) is 0 Å². The molecule has 0 aromatic carbocycles. The van der Waals surface area contributed by atoms with Crippen molar-refractivity contribution in [3.63, 3.8) is 0 Å². The highest BCUT2D eigenvalue weighted by atomic mass is 16.5. The highest BCUT2D eigenvalue weighted by molar-refractivity contribution is 5.01. The zero-order valence-corrected chi connectivity index (χ0v) is 8.98. The molecule has 1 N–H and O–H groups in total. The quantitative estimate of drug-likeness (QED) is 0.640. The molecule has 0 unspecified atom stereocenters. The number of hydrogen-bond donors (Lipinski definition) is 1. The van der Waals surface area contributed by atoms with Crippen LogP contribution in [0.2, 0.25) is 0 Å². The minimum absolute atomic E-state index is 0.244. The van der Waals surface area contributed by atoms with Crippen LogP contribution >= 0.6 is 0 Å². The van der Waals surface area contributed by atoms with E-state index in [-0.39, 0.29) is 5.60 Å². The van der Waals surface area contributed by atoms with Gasteiger partial charge in [-0.3, -0.25) is 0 Å². The van der Waals surface area contributed by atoms with Crippen LogP contribution in [0.1, 0.15) is 51.4 Å². The van der Waals surface area contributed by atoms with Crippen molar-refractivity contribution >= 4 is 0 Å². The molecule has 0 atom stereocenters. The van der Waals surface area contributed by atoms with Gasteiger partial charge in [-0.15, -0.1) is 0 Å². The molecule has 0 aromatic rings. The maximum Gasteiger partial charge on any atom is 0.0807 e. The summed E-state index contributed by atoms with van der Waals surface area (Å²) >= 11 is 0. The molecule has 1 aliphatic heterocycles. The Kier molecular flexibility index (Phi) is 2.10. The standard InChI is InChI=1S/C12H21NO/c1-2-6-11(5-1)10-14-12(9-13-11)7-3-4-8-12/h13H,1-10H2. The number of nitrogens with one attached hydrogen (secondary N) is 1. The molecular weight excluding hydrogens is 174 g/mol. The summed E-state index contributed by atoms with van der Waals surface area (Å²) < 4.78 is 6.20. The minimum Gasteiger partial charge on any atom is -0.372 e. The zero-order chi connectivity index (χ0) is 9.49. The first-order chi connectivity index (χ1) is 6.83. The van der Waals surface area contributed by atoms with Crippen molar-refractivity contribution in [2.75, 3.05) is 13.2 Å². The lowest BCUT2D eigenvalue weighted by molar-refractivity contribution is -0.103. The van der Waals surface area contributed by atoms with E-state index in [9.17, 15) is 0 Å². The fourth-order valence-corrected chi connectivity index (χ4v) is 3.46. The van der Waals surface area contributed by atoms with Crippen LogP contribution in [0, 0.1) is 0 Å². The zero-order valence-electron chi connectivity index (χ0n) is 8.98. The van der Waals surface area contributed by atoms with E-state index in [2.05, 4.69) is 5.32 Å². The summed E-state index contributed by atoms with van der Waals surface area (Å²) in [4.78, 5) is 0. The van der Waals surface area contributed by atoms with Crippen molar-refractivity contribution in [2.45, 2.75) is 62.5 Å². The van der Waals surface area contributed by atoms with Crippen molar-refractivity contribution in [1.29, 1.82) is 0 Å². The van der Waals surface area contributed by atoms with Gasteiger partial charge in [-0.1, -0.05) is 25.7 Å². The van der Waals surface area contributed by atoms with Crippen molar-refractivity contribution in [2.24, 2.45) is 0 Å². The third-order valence-corrected chi connectivity index (χ3v) is 4.52. The number of hydrogen-bond acceptors (Lipinski definition) is 2. The monoisotopic (exact) mass is 195 g/mol. The summed E-state index contributed by atoms with van der Waals surface area (Å²) in [6.45, 7) is 2.10. The first-order valence-corrected chi connectivity index (χ1v) is 6.22. The van der Waals surface area contributed by atoms with Crippen molar-refractivity contribution < 1.29 is 4.74 Å². The average molecular weight is 195 g/mol. The fraction of sp³-hybridized carbons (Fsp3) is 1.00. The van der Waals surface area contributed by atoms with Crippen LogP contribution in [0.3, 0.4) is 0 Å². The van der Waals surface area contributed by atoms with E-state index in [0.29, 0.717) is 5.54 Å². The SMILES string of the molecule is C1CCC2(C1)COC1(CCCC1)CN2. The van der Waals surface area contributed by atoms with Crippen LogP contribution in [-0.2, 0) is 4.74 Å². The summed E-state index contributed by atoms with van der Waals surface area (Å²) in [5.74, 6) is 0. The van der Waals surface area contributed by atoms with Gasteiger partial charge in [0.25, 0.3) is 0 Å². The molecule has 2 nitrogen and oxygen atoms in total. The molecule has 2 heteroatoms. The molecule has 0 aromatic heterocycles. The summed E-state index contributed by atoms with van der Waals surface area (Å²) in [5, 5.41) is 3.80. The van der Waals surface area contributed by atoms with Crippen molar-refractivity contribution in [3.05, 3.63) is 0 Å². The van der Waals surface area contributed by atoms with Gasteiger partial charge in [0.15, 0.2) is 0 Å². The van der Waals surface area contributed by atoms with Crippen molar-refractivity contribution in [3.8, 4) is 0 Å². The predicted molar refractivity (Wildman–Crippen MR) is 56.4 cm³/mol. The first-order valence-electron chi connectivity index (χ1n) is 6.22. The molecule has 14 heavy (non-hydrogen) atoms. The van der Waals surface area contributed by atoms with Gasteiger partial charge in [0, 0.05) is 12.1 Å². The number of rotatable bonds is 0. The van der Waals surface area contributed by atoms with Gasteiger partial charge >= 0.3 is 0 Å². The second-order valence-corrected chi connectivity index (χ2v) is 5.52. The third kappa shape index (κ3) is 1.40. The number of morpholine rings is 1. The topological polar surface area (TPSA) is 21.3 Å². The molecular formula is C12H21NO. The Balaban J connectivity index is 1.66. The molecule has 0 amide bonds. The largest absolute Gasteiger partial charge is 0.372 e. The molecule has 0 bridgehead atoms.